The Labute approximate surface area is 128 Å². The van der Waals surface area contributed by atoms with Crippen LogP contribution in [0.3, 0.4) is 0 Å². The number of hydrogen-bond donors (Lipinski definition) is 1. The molecule has 1 aromatic carbocycles. The van der Waals surface area contributed by atoms with Crippen LogP contribution in [-0.2, 0) is 21.1 Å². The third-order valence-corrected chi connectivity index (χ3v) is 4.89. The highest BCUT2D eigenvalue weighted by molar-refractivity contribution is 7.91. The minimum Gasteiger partial charge on any atom is -0.377 e. The quantitative estimate of drug-likeness (QED) is 0.743. The van der Waals surface area contributed by atoms with Crippen molar-refractivity contribution in [3.8, 4) is 0 Å². The SMILES string of the molecule is CC(C)OCCN(C)CCS(=O)(=O)c1ccc(CN)cc1. The fourth-order valence-corrected chi connectivity index (χ4v) is 3.12. The fraction of sp³-hybridized carbons (Fsp3) is 0.600. The van der Waals surface area contributed by atoms with Gasteiger partial charge in [-0.3, -0.25) is 0 Å². The molecule has 0 bridgehead atoms. The summed E-state index contributed by atoms with van der Waals surface area (Å²) in [5.74, 6) is 0.104. The fourth-order valence-electron chi connectivity index (χ4n) is 1.78. The Balaban J connectivity index is 2.48. The second kappa shape index (κ2) is 8.48. The molecule has 0 amide bonds. The molecule has 0 saturated heterocycles. The van der Waals surface area contributed by atoms with E-state index in [4.69, 9.17) is 10.5 Å². The van der Waals surface area contributed by atoms with E-state index in [0.29, 0.717) is 24.6 Å². The molecule has 1 aromatic rings. The Hall–Kier alpha value is -0.950. The van der Waals surface area contributed by atoms with Gasteiger partial charge in [0, 0.05) is 19.6 Å². The number of sulfone groups is 1. The molecular weight excluding hydrogens is 288 g/mol. The average molecular weight is 314 g/mol. The standard InChI is InChI=1S/C15H26N2O3S/c1-13(2)20-10-8-17(3)9-11-21(18,19)15-6-4-14(12-16)5-7-15/h4-7,13H,8-12,16H2,1-3H3. The van der Waals surface area contributed by atoms with Crippen molar-refractivity contribution in [2.45, 2.75) is 31.4 Å². The Morgan fingerprint density at radius 3 is 2.33 bits per heavy atom. The van der Waals surface area contributed by atoms with Crippen molar-refractivity contribution >= 4 is 9.84 Å². The first-order valence-corrected chi connectivity index (χ1v) is 8.82. The Kier molecular flexibility index (Phi) is 7.31. The molecule has 0 atom stereocenters. The van der Waals surface area contributed by atoms with Gasteiger partial charge in [-0.05, 0) is 38.6 Å². The molecule has 2 N–H and O–H groups in total. The molecule has 21 heavy (non-hydrogen) atoms. The van der Waals surface area contributed by atoms with Gasteiger partial charge in [-0.15, -0.1) is 0 Å². The van der Waals surface area contributed by atoms with E-state index in [2.05, 4.69) is 0 Å². The van der Waals surface area contributed by atoms with Crippen LogP contribution in [0.5, 0.6) is 0 Å². The molecule has 1 rings (SSSR count). The number of likely N-dealkylation sites (N-methyl/N-ethyl adjacent to an activating group) is 1. The molecule has 0 aliphatic heterocycles. The first kappa shape index (κ1) is 18.1. The van der Waals surface area contributed by atoms with Gasteiger partial charge in [0.15, 0.2) is 9.84 Å². The van der Waals surface area contributed by atoms with Crippen LogP contribution in [-0.4, -0.2) is 51.9 Å². The number of benzene rings is 1. The minimum atomic E-state index is -3.24. The zero-order valence-corrected chi connectivity index (χ0v) is 13.9. The van der Waals surface area contributed by atoms with E-state index in [1.54, 1.807) is 24.3 Å². The number of ether oxygens (including phenoxy) is 1. The van der Waals surface area contributed by atoms with Crippen LogP contribution < -0.4 is 5.73 Å². The van der Waals surface area contributed by atoms with Gasteiger partial charge in [-0.1, -0.05) is 12.1 Å². The smallest absolute Gasteiger partial charge is 0.179 e. The van der Waals surface area contributed by atoms with Crippen molar-refractivity contribution in [1.29, 1.82) is 0 Å². The minimum absolute atomic E-state index is 0.104. The average Bonchev–Trinajstić information content (AvgIpc) is 2.45. The van der Waals surface area contributed by atoms with Crippen molar-refractivity contribution in [3.63, 3.8) is 0 Å². The maximum absolute atomic E-state index is 12.2. The molecule has 0 saturated carbocycles. The first-order chi connectivity index (χ1) is 9.85. The molecular formula is C15H26N2O3S. The highest BCUT2D eigenvalue weighted by atomic mass is 32.2. The summed E-state index contributed by atoms with van der Waals surface area (Å²) in [6, 6.07) is 6.76. The Bertz CT molecular complexity index is 512. The summed E-state index contributed by atoms with van der Waals surface area (Å²) in [7, 11) is -1.35. The van der Waals surface area contributed by atoms with Gasteiger partial charge in [0.05, 0.1) is 23.4 Å². The second-order valence-corrected chi connectivity index (χ2v) is 7.50. The summed E-state index contributed by atoms with van der Waals surface area (Å²) < 4.78 is 29.9. The lowest BCUT2D eigenvalue weighted by molar-refractivity contribution is 0.0648. The van der Waals surface area contributed by atoms with Gasteiger partial charge in [-0.2, -0.15) is 0 Å². The molecule has 0 aliphatic carbocycles. The van der Waals surface area contributed by atoms with E-state index in [-0.39, 0.29) is 11.9 Å². The maximum atomic E-state index is 12.2. The van der Waals surface area contributed by atoms with Crippen LogP contribution in [0.2, 0.25) is 0 Å². The van der Waals surface area contributed by atoms with Crippen LogP contribution in [0.15, 0.2) is 29.2 Å². The highest BCUT2D eigenvalue weighted by Crippen LogP contribution is 2.12. The Morgan fingerprint density at radius 2 is 1.81 bits per heavy atom. The molecule has 0 spiro atoms. The number of nitrogens with zero attached hydrogens (tertiary/aromatic N) is 1. The maximum Gasteiger partial charge on any atom is 0.179 e. The molecule has 120 valence electrons. The van der Waals surface area contributed by atoms with Gasteiger partial charge in [-0.25, -0.2) is 8.42 Å². The summed E-state index contributed by atoms with van der Waals surface area (Å²) in [5.41, 5.74) is 6.43. The van der Waals surface area contributed by atoms with Crippen molar-refractivity contribution in [2.24, 2.45) is 5.73 Å². The van der Waals surface area contributed by atoms with Crippen LogP contribution >= 0.6 is 0 Å². The highest BCUT2D eigenvalue weighted by Gasteiger charge is 2.15. The lowest BCUT2D eigenvalue weighted by Gasteiger charge is -2.17. The van der Waals surface area contributed by atoms with Gasteiger partial charge < -0.3 is 15.4 Å². The van der Waals surface area contributed by atoms with Crippen LogP contribution in [0.4, 0.5) is 0 Å². The topological polar surface area (TPSA) is 72.6 Å². The summed E-state index contributed by atoms with van der Waals surface area (Å²) in [5, 5.41) is 0. The van der Waals surface area contributed by atoms with E-state index >= 15 is 0 Å². The molecule has 0 unspecified atom stereocenters. The summed E-state index contributed by atoms with van der Waals surface area (Å²) in [4.78, 5) is 2.32. The van der Waals surface area contributed by atoms with E-state index in [1.165, 1.54) is 0 Å². The lowest BCUT2D eigenvalue weighted by atomic mass is 10.2. The van der Waals surface area contributed by atoms with Gasteiger partial charge in [0.25, 0.3) is 0 Å². The predicted molar refractivity (Wildman–Crippen MR) is 85.0 cm³/mol. The Morgan fingerprint density at radius 1 is 1.19 bits per heavy atom. The van der Waals surface area contributed by atoms with Crippen molar-refractivity contribution in [1.82, 2.24) is 4.90 Å². The molecule has 0 aromatic heterocycles. The third-order valence-electron chi connectivity index (χ3n) is 3.18. The zero-order valence-electron chi connectivity index (χ0n) is 13.1. The molecule has 6 heteroatoms. The zero-order chi connectivity index (χ0) is 15.9. The van der Waals surface area contributed by atoms with Crippen molar-refractivity contribution in [2.75, 3.05) is 32.5 Å². The van der Waals surface area contributed by atoms with E-state index in [0.717, 1.165) is 12.1 Å². The second-order valence-electron chi connectivity index (χ2n) is 5.39. The van der Waals surface area contributed by atoms with Gasteiger partial charge in [0.1, 0.15) is 0 Å². The summed E-state index contributed by atoms with van der Waals surface area (Å²) in [6.07, 6.45) is 0.197. The van der Waals surface area contributed by atoms with Crippen LogP contribution in [0.1, 0.15) is 19.4 Å². The molecule has 0 heterocycles. The van der Waals surface area contributed by atoms with E-state index in [1.807, 2.05) is 25.8 Å². The van der Waals surface area contributed by atoms with Gasteiger partial charge in [0.2, 0.25) is 0 Å². The number of rotatable bonds is 9. The first-order valence-electron chi connectivity index (χ1n) is 7.17. The molecule has 0 fully saturated rings. The predicted octanol–water partition coefficient (Wildman–Crippen LogP) is 1.28. The molecule has 0 radical (unpaired) electrons. The molecule has 0 aliphatic rings. The van der Waals surface area contributed by atoms with E-state index in [9.17, 15) is 8.42 Å². The lowest BCUT2D eigenvalue weighted by Crippen LogP contribution is -2.29. The molecule has 5 nitrogen and oxygen atoms in total. The van der Waals surface area contributed by atoms with Crippen LogP contribution in [0, 0.1) is 0 Å². The number of nitrogens with two attached hydrogens (primary N) is 1. The van der Waals surface area contributed by atoms with E-state index < -0.39 is 9.84 Å². The number of hydrogen-bond acceptors (Lipinski definition) is 5. The van der Waals surface area contributed by atoms with Crippen molar-refractivity contribution in [3.05, 3.63) is 29.8 Å². The van der Waals surface area contributed by atoms with Crippen LogP contribution in [0.25, 0.3) is 0 Å². The third kappa shape index (κ3) is 6.56. The normalized spacial score (nSPS) is 12.3. The van der Waals surface area contributed by atoms with Crippen molar-refractivity contribution < 1.29 is 13.2 Å². The van der Waals surface area contributed by atoms with Gasteiger partial charge >= 0.3 is 0 Å². The monoisotopic (exact) mass is 314 g/mol. The summed E-state index contributed by atoms with van der Waals surface area (Å²) in [6.45, 7) is 6.20. The summed E-state index contributed by atoms with van der Waals surface area (Å²) >= 11 is 0. The largest absolute Gasteiger partial charge is 0.377 e.